The number of nitrogens with zero attached hydrogens (tertiary/aromatic N) is 3. The molecule has 2 rings (SSSR count). The molecule has 1 aromatic carbocycles. The molecule has 1 aromatic heterocycles. The molecular formula is C11H9N3. The molecule has 0 amide bonds. The quantitative estimate of drug-likeness (QED) is 0.679. The smallest absolute Gasteiger partial charge is 0.101 e. The minimum atomic E-state index is 0.638. The molecule has 0 atom stereocenters. The number of benzene rings is 1. The zero-order valence-corrected chi connectivity index (χ0v) is 7.81. The van der Waals surface area contributed by atoms with Crippen LogP contribution in [-0.4, -0.2) is 9.78 Å². The lowest BCUT2D eigenvalue weighted by atomic mass is 10.1. The summed E-state index contributed by atoms with van der Waals surface area (Å²) in [5.74, 6) is 0. The Hall–Kier alpha value is -2.08. The van der Waals surface area contributed by atoms with Crippen LogP contribution in [0.5, 0.6) is 0 Å². The van der Waals surface area contributed by atoms with E-state index in [1.807, 2.05) is 37.4 Å². The van der Waals surface area contributed by atoms with Gasteiger partial charge in [-0.05, 0) is 30.7 Å². The van der Waals surface area contributed by atoms with Crippen molar-refractivity contribution in [3.63, 3.8) is 0 Å². The second-order valence-electron chi connectivity index (χ2n) is 3.08. The molecule has 0 bridgehead atoms. The monoisotopic (exact) mass is 183 g/mol. The van der Waals surface area contributed by atoms with Crippen molar-refractivity contribution in [1.29, 1.82) is 5.26 Å². The molecule has 0 saturated heterocycles. The van der Waals surface area contributed by atoms with Crippen molar-refractivity contribution in [1.82, 2.24) is 9.78 Å². The Bertz CT molecular complexity index is 478. The molecule has 0 saturated carbocycles. The summed E-state index contributed by atoms with van der Waals surface area (Å²) in [6, 6.07) is 9.67. The van der Waals surface area contributed by atoms with Crippen LogP contribution in [0.2, 0.25) is 0 Å². The van der Waals surface area contributed by atoms with Gasteiger partial charge < -0.3 is 0 Å². The van der Waals surface area contributed by atoms with Crippen LogP contribution in [0, 0.1) is 18.3 Å². The Balaban J connectivity index is 2.63. The zero-order valence-electron chi connectivity index (χ0n) is 7.81. The topological polar surface area (TPSA) is 41.6 Å². The predicted molar refractivity (Wildman–Crippen MR) is 53.0 cm³/mol. The Morgan fingerprint density at radius 1 is 1.43 bits per heavy atom. The maximum Gasteiger partial charge on any atom is 0.101 e. The number of aryl methyl sites for hydroxylation is 1. The minimum Gasteiger partial charge on any atom is -0.240 e. The maximum atomic E-state index is 8.92. The summed E-state index contributed by atoms with van der Waals surface area (Å²) in [5.41, 5.74) is 2.59. The molecule has 0 unspecified atom stereocenters. The average Bonchev–Trinajstić information content (AvgIpc) is 2.70. The lowest BCUT2D eigenvalue weighted by molar-refractivity contribution is 0.876. The van der Waals surface area contributed by atoms with Crippen LogP contribution in [0.4, 0.5) is 0 Å². The summed E-state index contributed by atoms with van der Waals surface area (Å²) in [7, 11) is 0. The van der Waals surface area contributed by atoms with Gasteiger partial charge in [-0.2, -0.15) is 10.4 Å². The normalized spacial score (nSPS) is 9.71. The Kier molecular flexibility index (Phi) is 2.04. The van der Waals surface area contributed by atoms with Gasteiger partial charge in [0.05, 0.1) is 11.3 Å². The van der Waals surface area contributed by atoms with Gasteiger partial charge in [0.2, 0.25) is 0 Å². The molecule has 1 heterocycles. The molecule has 0 aliphatic carbocycles. The lowest BCUT2D eigenvalue weighted by Crippen LogP contribution is -1.98. The third-order valence-electron chi connectivity index (χ3n) is 2.02. The van der Waals surface area contributed by atoms with Crippen LogP contribution in [0.15, 0.2) is 36.7 Å². The van der Waals surface area contributed by atoms with Gasteiger partial charge in [-0.25, -0.2) is 4.68 Å². The molecule has 3 nitrogen and oxygen atoms in total. The number of aromatic nitrogens is 2. The molecule has 0 N–H and O–H groups in total. The van der Waals surface area contributed by atoms with Gasteiger partial charge in [0, 0.05) is 12.4 Å². The molecule has 14 heavy (non-hydrogen) atoms. The summed E-state index contributed by atoms with van der Waals surface area (Å²) in [5, 5.41) is 13.0. The van der Waals surface area contributed by atoms with Gasteiger partial charge in [-0.15, -0.1) is 0 Å². The summed E-state index contributed by atoms with van der Waals surface area (Å²) >= 11 is 0. The van der Waals surface area contributed by atoms with Gasteiger partial charge in [0.15, 0.2) is 0 Å². The number of hydrogen-bond acceptors (Lipinski definition) is 2. The van der Waals surface area contributed by atoms with E-state index in [1.165, 1.54) is 0 Å². The Morgan fingerprint density at radius 2 is 2.29 bits per heavy atom. The van der Waals surface area contributed by atoms with Crippen molar-refractivity contribution < 1.29 is 0 Å². The first kappa shape index (κ1) is 8.52. The van der Waals surface area contributed by atoms with E-state index < -0.39 is 0 Å². The fourth-order valence-electron chi connectivity index (χ4n) is 1.34. The fourth-order valence-corrected chi connectivity index (χ4v) is 1.34. The highest BCUT2D eigenvalue weighted by atomic mass is 15.3. The fraction of sp³-hybridized carbons (Fsp3) is 0.0909. The standard InChI is InChI=1S/C11H9N3/c1-9-3-4-10(8-12)11(7-9)14-6-2-5-13-14/h2-7H,1H3. The SMILES string of the molecule is Cc1ccc(C#N)c(-n2cccn2)c1. The van der Waals surface area contributed by atoms with Crippen molar-refractivity contribution in [2.75, 3.05) is 0 Å². The highest BCUT2D eigenvalue weighted by Crippen LogP contribution is 2.14. The summed E-state index contributed by atoms with van der Waals surface area (Å²) in [6.45, 7) is 1.99. The highest BCUT2D eigenvalue weighted by molar-refractivity contribution is 5.49. The molecule has 0 spiro atoms. The number of rotatable bonds is 1. The van der Waals surface area contributed by atoms with E-state index in [-0.39, 0.29) is 0 Å². The van der Waals surface area contributed by atoms with Crippen molar-refractivity contribution >= 4 is 0 Å². The molecule has 68 valence electrons. The number of hydrogen-bond donors (Lipinski definition) is 0. The first-order chi connectivity index (χ1) is 6.81. The van der Waals surface area contributed by atoms with Crippen LogP contribution in [0.1, 0.15) is 11.1 Å². The third kappa shape index (κ3) is 1.38. The van der Waals surface area contributed by atoms with E-state index in [0.29, 0.717) is 5.56 Å². The minimum absolute atomic E-state index is 0.638. The second-order valence-corrected chi connectivity index (χ2v) is 3.08. The van der Waals surface area contributed by atoms with Crippen molar-refractivity contribution in [3.05, 3.63) is 47.8 Å². The zero-order chi connectivity index (χ0) is 9.97. The molecule has 3 heteroatoms. The van der Waals surface area contributed by atoms with E-state index in [2.05, 4.69) is 11.2 Å². The predicted octanol–water partition coefficient (Wildman–Crippen LogP) is 2.05. The van der Waals surface area contributed by atoms with Gasteiger partial charge in [0.25, 0.3) is 0 Å². The summed E-state index contributed by atoms with van der Waals surface area (Å²) in [4.78, 5) is 0. The second kappa shape index (κ2) is 3.35. The largest absolute Gasteiger partial charge is 0.240 e. The molecule has 2 aromatic rings. The van der Waals surface area contributed by atoms with Gasteiger partial charge in [0.1, 0.15) is 6.07 Å². The molecule has 0 aliphatic rings. The van der Waals surface area contributed by atoms with Crippen LogP contribution in [-0.2, 0) is 0 Å². The molecular weight excluding hydrogens is 174 g/mol. The van der Waals surface area contributed by atoms with Gasteiger partial charge >= 0.3 is 0 Å². The molecule has 0 aliphatic heterocycles. The maximum absolute atomic E-state index is 8.92. The lowest BCUT2D eigenvalue weighted by Gasteiger charge is -2.04. The Morgan fingerprint density at radius 3 is 2.93 bits per heavy atom. The van der Waals surface area contributed by atoms with Crippen LogP contribution in [0.25, 0.3) is 5.69 Å². The van der Waals surface area contributed by atoms with E-state index in [0.717, 1.165) is 11.3 Å². The van der Waals surface area contributed by atoms with E-state index in [4.69, 9.17) is 5.26 Å². The van der Waals surface area contributed by atoms with E-state index in [1.54, 1.807) is 10.9 Å². The van der Waals surface area contributed by atoms with Crippen LogP contribution < -0.4 is 0 Å². The highest BCUT2D eigenvalue weighted by Gasteiger charge is 2.03. The van der Waals surface area contributed by atoms with Crippen molar-refractivity contribution in [2.45, 2.75) is 6.92 Å². The Labute approximate surface area is 82.2 Å². The van der Waals surface area contributed by atoms with Crippen LogP contribution >= 0.6 is 0 Å². The summed E-state index contributed by atoms with van der Waals surface area (Å²) in [6.07, 6.45) is 3.53. The number of nitriles is 1. The third-order valence-corrected chi connectivity index (χ3v) is 2.02. The average molecular weight is 183 g/mol. The van der Waals surface area contributed by atoms with Gasteiger partial charge in [-0.3, -0.25) is 0 Å². The first-order valence-corrected chi connectivity index (χ1v) is 4.32. The molecule has 0 radical (unpaired) electrons. The van der Waals surface area contributed by atoms with Gasteiger partial charge in [-0.1, -0.05) is 6.07 Å². The van der Waals surface area contributed by atoms with Crippen molar-refractivity contribution in [2.24, 2.45) is 0 Å². The summed E-state index contributed by atoms with van der Waals surface area (Å²) < 4.78 is 1.70. The first-order valence-electron chi connectivity index (χ1n) is 4.32. The van der Waals surface area contributed by atoms with Crippen molar-refractivity contribution in [3.8, 4) is 11.8 Å². The molecule has 0 fully saturated rings. The van der Waals surface area contributed by atoms with E-state index >= 15 is 0 Å². The van der Waals surface area contributed by atoms with E-state index in [9.17, 15) is 0 Å². The van der Waals surface area contributed by atoms with Crippen LogP contribution in [0.3, 0.4) is 0 Å².